The fourth-order valence-electron chi connectivity index (χ4n) is 11.2. The minimum Gasteiger partial charge on any atom is -0.457 e. The smallest absolute Gasteiger partial charge is 0.137 e. The molecule has 4 heterocycles. The summed E-state index contributed by atoms with van der Waals surface area (Å²) in [6, 6.07) is 67.0. The molecule has 0 radical (unpaired) electrons. The van der Waals surface area contributed by atoms with E-state index in [0.717, 1.165) is 56.2 Å². The number of hydrogen-bond donors (Lipinski definition) is 0. The highest BCUT2D eigenvalue weighted by atomic mass is 16.5. The molecule has 0 unspecified atom stereocenters. The highest BCUT2D eigenvalue weighted by molar-refractivity contribution is 6.12. The van der Waals surface area contributed by atoms with Gasteiger partial charge < -0.3 is 19.1 Å². The van der Waals surface area contributed by atoms with E-state index >= 15 is 0 Å². The van der Waals surface area contributed by atoms with Crippen molar-refractivity contribution < 1.29 is 4.74 Å². The fourth-order valence-corrected chi connectivity index (χ4v) is 11.2. The van der Waals surface area contributed by atoms with Crippen LogP contribution in [-0.2, 0) is 21.7 Å². The van der Waals surface area contributed by atoms with E-state index in [-0.39, 0.29) is 21.7 Å². The topological polar surface area (TPSA) is 38.5 Å². The fraction of sp³-hybridized carbons (Fsp3) is 0.243. The molecular formula is C70H69N5O. The van der Waals surface area contributed by atoms with Crippen LogP contribution < -0.4 is 14.5 Å². The van der Waals surface area contributed by atoms with E-state index in [1.54, 1.807) is 0 Å². The molecule has 1 aliphatic heterocycles. The third kappa shape index (κ3) is 8.68. The van der Waals surface area contributed by atoms with Crippen LogP contribution in [0.2, 0.25) is 0 Å². The van der Waals surface area contributed by atoms with E-state index in [1.807, 2.05) is 6.20 Å². The van der Waals surface area contributed by atoms with Gasteiger partial charge in [-0.2, -0.15) is 0 Å². The Kier molecular flexibility index (Phi) is 11.4. The van der Waals surface area contributed by atoms with E-state index in [0.29, 0.717) is 6.67 Å². The molecule has 0 fully saturated rings. The molecular weight excluding hydrogens is 927 g/mol. The molecule has 6 heteroatoms. The van der Waals surface area contributed by atoms with Crippen molar-refractivity contribution in [3.05, 3.63) is 210 Å². The monoisotopic (exact) mass is 996 g/mol. The Labute approximate surface area is 448 Å². The number of nitrogens with zero attached hydrogens (tertiary/aromatic N) is 5. The Balaban J connectivity index is 0.959. The Morgan fingerprint density at radius 3 is 1.63 bits per heavy atom. The molecule has 0 N–H and O–H groups in total. The van der Waals surface area contributed by atoms with Crippen LogP contribution in [0.5, 0.6) is 11.5 Å². The molecule has 0 saturated carbocycles. The molecule has 0 bridgehead atoms. The van der Waals surface area contributed by atoms with Crippen molar-refractivity contribution in [2.45, 2.75) is 105 Å². The van der Waals surface area contributed by atoms with E-state index in [1.165, 1.54) is 66.6 Å². The Hall–Kier alpha value is -8.09. The summed E-state index contributed by atoms with van der Waals surface area (Å²) < 4.78 is 11.7. The third-order valence-electron chi connectivity index (χ3n) is 15.6. The molecule has 380 valence electrons. The minimum absolute atomic E-state index is 0.0279. The molecule has 0 amide bonds. The second-order valence-corrected chi connectivity index (χ2v) is 25.1. The third-order valence-corrected chi connectivity index (χ3v) is 15.6. The van der Waals surface area contributed by atoms with Crippen LogP contribution in [0.3, 0.4) is 0 Å². The summed E-state index contributed by atoms with van der Waals surface area (Å²) in [5.41, 5.74) is 17.7. The summed E-state index contributed by atoms with van der Waals surface area (Å²) in [5.74, 6) is 2.39. The van der Waals surface area contributed by atoms with Crippen LogP contribution >= 0.6 is 0 Å². The number of hydrogen-bond acceptors (Lipinski definition) is 4. The summed E-state index contributed by atoms with van der Waals surface area (Å²) >= 11 is 0. The molecule has 0 atom stereocenters. The molecule has 0 spiro atoms. The zero-order chi connectivity index (χ0) is 53.1. The maximum absolute atomic E-state index is 6.97. The maximum atomic E-state index is 6.97. The molecule has 3 aromatic heterocycles. The number of fused-ring (bicyclic) bond motifs is 7. The van der Waals surface area contributed by atoms with Crippen molar-refractivity contribution >= 4 is 66.4 Å². The van der Waals surface area contributed by atoms with Crippen LogP contribution in [0.15, 0.2) is 188 Å². The lowest BCUT2D eigenvalue weighted by Gasteiger charge is -2.29. The van der Waals surface area contributed by atoms with Gasteiger partial charge in [-0.25, -0.2) is 4.98 Å². The lowest BCUT2D eigenvalue weighted by Crippen LogP contribution is -2.25. The second kappa shape index (κ2) is 17.8. The summed E-state index contributed by atoms with van der Waals surface area (Å²) in [6.45, 7) is 28.2. The quantitative estimate of drug-likeness (QED) is 0.159. The molecule has 6 nitrogen and oxygen atoms in total. The van der Waals surface area contributed by atoms with Crippen LogP contribution in [0.25, 0.3) is 66.2 Å². The number of rotatable bonds is 7. The second-order valence-electron chi connectivity index (χ2n) is 25.1. The number of ether oxygens (including phenoxy) is 1. The van der Waals surface area contributed by atoms with Crippen molar-refractivity contribution in [3.8, 4) is 34.1 Å². The summed E-state index contributed by atoms with van der Waals surface area (Å²) in [7, 11) is 0. The SMILES string of the molecule is CC(C)(C)c1cccc(-c2ccc3c(c2)N(c2cc(C(C)(C)C)cc(C(C)(C)C)c2)CN3c2cccc(Oc3ccc4c5cc(-n6c7ccccc7c7ccccc76)ccc5n(-c5cc(C(C)(C)C)ccn5)c4c3)c2)c1. The highest BCUT2D eigenvalue weighted by Gasteiger charge is 2.32. The lowest BCUT2D eigenvalue weighted by molar-refractivity contribution is 0.483. The normalized spacial score (nSPS) is 13.4. The number of aromatic nitrogens is 3. The summed E-state index contributed by atoms with van der Waals surface area (Å²) in [5, 5.41) is 4.77. The molecule has 0 aliphatic carbocycles. The average Bonchev–Trinajstić information content (AvgIpc) is 4.05. The van der Waals surface area contributed by atoms with Gasteiger partial charge in [0, 0.05) is 56.9 Å². The maximum Gasteiger partial charge on any atom is 0.137 e. The van der Waals surface area contributed by atoms with Gasteiger partial charge in [0.1, 0.15) is 24.0 Å². The van der Waals surface area contributed by atoms with Gasteiger partial charge >= 0.3 is 0 Å². The molecule has 1 aliphatic rings. The number of para-hydroxylation sites is 2. The van der Waals surface area contributed by atoms with Crippen LogP contribution in [0, 0.1) is 0 Å². The van der Waals surface area contributed by atoms with Crippen LogP contribution in [-0.4, -0.2) is 20.8 Å². The zero-order valence-corrected chi connectivity index (χ0v) is 46.2. The van der Waals surface area contributed by atoms with Gasteiger partial charge in [-0.3, -0.25) is 4.57 Å². The van der Waals surface area contributed by atoms with Gasteiger partial charge in [0.05, 0.1) is 33.4 Å². The number of pyridine rings is 1. The molecule has 11 aromatic rings. The Morgan fingerprint density at radius 2 is 0.947 bits per heavy atom. The minimum atomic E-state index is -0.0570. The van der Waals surface area contributed by atoms with Gasteiger partial charge in [0.25, 0.3) is 0 Å². The predicted octanol–water partition coefficient (Wildman–Crippen LogP) is 19.2. The van der Waals surface area contributed by atoms with Crippen LogP contribution in [0.4, 0.5) is 22.7 Å². The Morgan fingerprint density at radius 1 is 0.355 bits per heavy atom. The number of benzene rings is 8. The van der Waals surface area contributed by atoms with Gasteiger partial charge in [0.15, 0.2) is 0 Å². The zero-order valence-electron chi connectivity index (χ0n) is 46.2. The van der Waals surface area contributed by atoms with Gasteiger partial charge in [0.2, 0.25) is 0 Å². The van der Waals surface area contributed by atoms with E-state index in [2.05, 4.69) is 284 Å². The van der Waals surface area contributed by atoms with Gasteiger partial charge in [-0.1, -0.05) is 162 Å². The summed E-state index contributed by atoms with van der Waals surface area (Å²) in [4.78, 5) is 9.98. The van der Waals surface area contributed by atoms with E-state index in [4.69, 9.17) is 9.72 Å². The standard InChI is InChI=1S/C70H69N5O/c1-67(2,3)47-20-17-19-45(35-47)46-27-31-63-65(36-46)73(53-38-49(69(7,8)9)37-50(39-53)70(10,11)12)44-72(63)51-21-18-22-54(41-51)76-55-29-30-58-59-42-52(74-60-25-15-13-23-56(60)57-24-14-16-26-61(57)74)28-32-62(59)75(64(58)43-55)66-40-48(33-34-71-66)68(4,5)6/h13-43H,44H2,1-12H3. The largest absolute Gasteiger partial charge is 0.457 e. The predicted molar refractivity (Wildman–Crippen MR) is 322 cm³/mol. The number of anilines is 4. The first-order chi connectivity index (χ1) is 36.2. The average molecular weight is 996 g/mol. The van der Waals surface area contributed by atoms with Crippen LogP contribution in [0.1, 0.15) is 105 Å². The highest BCUT2D eigenvalue weighted by Crippen LogP contribution is 2.49. The van der Waals surface area contributed by atoms with Crippen molar-refractivity contribution in [1.29, 1.82) is 0 Å². The molecule has 12 rings (SSSR count). The van der Waals surface area contributed by atoms with Crippen molar-refractivity contribution in [2.24, 2.45) is 0 Å². The van der Waals surface area contributed by atoms with Crippen molar-refractivity contribution in [1.82, 2.24) is 14.1 Å². The molecule has 8 aromatic carbocycles. The van der Waals surface area contributed by atoms with E-state index < -0.39 is 0 Å². The first kappa shape index (κ1) is 48.8. The van der Waals surface area contributed by atoms with Gasteiger partial charge in [-0.15, -0.1) is 0 Å². The molecule has 0 saturated heterocycles. The molecule has 76 heavy (non-hydrogen) atoms. The lowest BCUT2D eigenvalue weighted by atomic mass is 9.80. The first-order valence-corrected chi connectivity index (χ1v) is 27.0. The Bertz CT molecular complexity index is 3980. The van der Waals surface area contributed by atoms with Gasteiger partial charge in [-0.05, 0) is 146 Å². The van der Waals surface area contributed by atoms with Crippen molar-refractivity contribution in [2.75, 3.05) is 16.5 Å². The summed E-state index contributed by atoms with van der Waals surface area (Å²) in [6.07, 6.45) is 1.94. The first-order valence-electron chi connectivity index (χ1n) is 27.0. The van der Waals surface area contributed by atoms with Crippen molar-refractivity contribution in [3.63, 3.8) is 0 Å². The van der Waals surface area contributed by atoms with E-state index in [9.17, 15) is 0 Å².